The number of carbonyl (C=O) groups is 1. The van der Waals surface area contributed by atoms with Crippen LogP contribution in [-0.2, 0) is 11.2 Å². The van der Waals surface area contributed by atoms with Crippen molar-refractivity contribution in [1.82, 2.24) is 5.32 Å². The van der Waals surface area contributed by atoms with Gasteiger partial charge in [-0.3, -0.25) is 4.79 Å². The van der Waals surface area contributed by atoms with E-state index in [1.807, 2.05) is 13.8 Å². The number of nitrogens with one attached hydrogen (secondary N) is 1. The molecule has 0 fully saturated rings. The van der Waals surface area contributed by atoms with E-state index in [9.17, 15) is 9.18 Å². The molecule has 1 rings (SSSR count). The van der Waals surface area contributed by atoms with Gasteiger partial charge < -0.3 is 11.1 Å². The van der Waals surface area contributed by atoms with Crippen LogP contribution < -0.4 is 11.1 Å². The van der Waals surface area contributed by atoms with Gasteiger partial charge in [0.05, 0.1) is 0 Å². The molecule has 1 aromatic rings. The molecule has 1 amide bonds. The minimum Gasteiger partial charge on any atom is -0.356 e. The zero-order valence-electron chi connectivity index (χ0n) is 11.9. The zero-order valence-corrected chi connectivity index (χ0v) is 11.9. The highest BCUT2D eigenvalue weighted by Gasteiger charge is 2.16. The van der Waals surface area contributed by atoms with Gasteiger partial charge in [-0.05, 0) is 42.5 Å². The van der Waals surface area contributed by atoms with Gasteiger partial charge in [0.1, 0.15) is 5.82 Å². The molecule has 0 aliphatic carbocycles. The van der Waals surface area contributed by atoms with Crippen LogP contribution in [0.15, 0.2) is 18.2 Å². The Morgan fingerprint density at radius 1 is 1.42 bits per heavy atom. The summed E-state index contributed by atoms with van der Waals surface area (Å²) in [5, 5.41) is 2.88. The first-order chi connectivity index (χ1) is 8.84. The van der Waals surface area contributed by atoms with E-state index >= 15 is 0 Å². The number of amides is 1. The van der Waals surface area contributed by atoms with Gasteiger partial charge in [0.25, 0.3) is 0 Å². The van der Waals surface area contributed by atoms with E-state index in [1.54, 1.807) is 19.1 Å². The molecular weight excluding hydrogens is 243 g/mol. The van der Waals surface area contributed by atoms with Crippen molar-refractivity contribution in [1.29, 1.82) is 0 Å². The molecule has 1 aromatic carbocycles. The first-order valence-electron chi connectivity index (χ1n) is 6.56. The standard InChI is InChI=1S/C15H23FN2O/c1-11-8-12(4-6-13(11)16)5-7-14(19)18-10-15(2,3)9-17/h4,6,8H,5,7,9-10,17H2,1-3H3,(H,18,19). The number of nitrogens with two attached hydrogens (primary N) is 1. The van der Waals surface area contributed by atoms with Gasteiger partial charge in [0.15, 0.2) is 0 Å². The lowest BCUT2D eigenvalue weighted by Gasteiger charge is -2.22. The molecule has 0 saturated heterocycles. The molecule has 0 radical (unpaired) electrons. The van der Waals surface area contributed by atoms with Gasteiger partial charge in [0, 0.05) is 13.0 Å². The summed E-state index contributed by atoms with van der Waals surface area (Å²) in [6.45, 7) is 6.85. The number of aryl methyl sites for hydroxylation is 2. The normalized spacial score (nSPS) is 11.4. The van der Waals surface area contributed by atoms with Crippen LogP contribution in [0.3, 0.4) is 0 Å². The molecule has 106 valence electrons. The number of benzene rings is 1. The molecule has 0 spiro atoms. The van der Waals surface area contributed by atoms with Crippen molar-refractivity contribution in [2.45, 2.75) is 33.6 Å². The third kappa shape index (κ3) is 5.39. The predicted octanol–water partition coefficient (Wildman–Crippen LogP) is 2.17. The van der Waals surface area contributed by atoms with Crippen LogP contribution in [0.4, 0.5) is 4.39 Å². The summed E-state index contributed by atoms with van der Waals surface area (Å²) >= 11 is 0. The second kappa shape index (κ2) is 6.66. The maximum atomic E-state index is 13.1. The average Bonchev–Trinajstić information content (AvgIpc) is 2.38. The van der Waals surface area contributed by atoms with E-state index < -0.39 is 0 Å². The highest BCUT2D eigenvalue weighted by atomic mass is 19.1. The van der Waals surface area contributed by atoms with Gasteiger partial charge in [-0.2, -0.15) is 0 Å². The Morgan fingerprint density at radius 2 is 2.11 bits per heavy atom. The fourth-order valence-electron chi connectivity index (χ4n) is 1.62. The van der Waals surface area contributed by atoms with Crippen molar-refractivity contribution in [3.8, 4) is 0 Å². The predicted molar refractivity (Wildman–Crippen MR) is 75.3 cm³/mol. The fourth-order valence-corrected chi connectivity index (χ4v) is 1.62. The molecule has 4 heteroatoms. The van der Waals surface area contributed by atoms with Crippen molar-refractivity contribution in [2.75, 3.05) is 13.1 Å². The van der Waals surface area contributed by atoms with Crippen molar-refractivity contribution in [3.63, 3.8) is 0 Å². The van der Waals surface area contributed by atoms with Crippen molar-refractivity contribution in [3.05, 3.63) is 35.1 Å². The van der Waals surface area contributed by atoms with Crippen LogP contribution in [0.25, 0.3) is 0 Å². The van der Waals surface area contributed by atoms with Crippen LogP contribution in [0.1, 0.15) is 31.4 Å². The molecule has 0 aliphatic rings. The van der Waals surface area contributed by atoms with E-state index in [0.717, 1.165) is 5.56 Å². The van der Waals surface area contributed by atoms with E-state index in [-0.39, 0.29) is 17.1 Å². The quantitative estimate of drug-likeness (QED) is 0.829. The summed E-state index contributed by atoms with van der Waals surface area (Å²) in [6.07, 6.45) is 1.03. The maximum absolute atomic E-state index is 13.1. The number of carbonyl (C=O) groups excluding carboxylic acids is 1. The Bertz CT molecular complexity index is 444. The summed E-state index contributed by atoms with van der Waals surface area (Å²) in [5.74, 6) is -0.207. The summed E-state index contributed by atoms with van der Waals surface area (Å²) in [5.41, 5.74) is 7.11. The Morgan fingerprint density at radius 3 is 2.68 bits per heavy atom. The van der Waals surface area contributed by atoms with Crippen molar-refractivity contribution >= 4 is 5.91 Å². The summed E-state index contributed by atoms with van der Waals surface area (Å²) in [6, 6.07) is 4.95. The van der Waals surface area contributed by atoms with Gasteiger partial charge in [-0.25, -0.2) is 4.39 Å². The van der Waals surface area contributed by atoms with E-state index in [4.69, 9.17) is 5.73 Å². The minimum atomic E-state index is -0.210. The van der Waals surface area contributed by atoms with Gasteiger partial charge >= 0.3 is 0 Å². The van der Waals surface area contributed by atoms with Gasteiger partial charge in [-0.15, -0.1) is 0 Å². The molecular formula is C15H23FN2O. The van der Waals surface area contributed by atoms with Crippen LogP contribution >= 0.6 is 0 Å². The SMILES string of the molecule is Cc1cc(CCC(=O)NCC(C)(C)CN)ccc1F. The maximum Gasteiger partial charge on any atom is 0.220 e. The first kappa shape index (κ1) is 15.6. The first-order valence-corrected chi connectivity index (χ1v) is 6.56. The number of halogens is 1. The highest BCUT2D eigenvalue weighted by molar-refractivity contribution is 5.76. The Kier molecular flexibility index (Phi) is 5.48. The number of rotatable bonds is 6. The van der Waals surface area contributed by atoms with Crippen molar-refractivity contribution < 1.29 is 9.18 Å². The molecule has 3 N–H and O–H groups in total. The minimum absolute atomic E-state index is 0.00324. The monoisotopic (exact) mass is 266 g/mol. The molecule has 0 saturated carbocycles. The Hall–Kier alpha value is -1.42. The fraction of sp³-hybridized carbons (Fsp3) is 0.533. The Balaban J connectivity index is 2.40. The largest absolute Gasteiger partial charge is 0.356 e. The number of hydrogen-bond donors (Lipinski definition) is 2. The third-order valence-electron chi connectivity index (χ3n) is 3.18. The molecule has 0 aliphatic heterocycles. The molecule has 0 atom stereocenters. The average molecular weight is 266 g/mol. The molecule has 19 heavy (non-hydrogen) atoms. The smallest absolute Gasteiger partial charge is 0.220 e. The summed E-state index contributed by atoms with van der Waals surface area (Å²) < 4.78 is 13.1. The van der Waals surface area contributed by atoms with Crippen LogP contribution in [-0.4, -0.2) is 19.0 Å². The molecule has 3 nitrogen and oxygen atoms in total. The molecule has 0 bridgehead atoms. The molecule has 0 heterocycles. The van der Waals surface area contributed by atoms with Crippen LogP contribution in [0.5, 0.6) is 0 Å². The topological polar surface area (TPSA) is 55.1 Å². The van der Waals surface area contributed by atoms with E-state index in [1.165, 1.54) is 6.07 Å². The lowest BCUT2D eigenvalue weighted by Crippen LogP contribution is -2.38. The Labute approximate surface area is 114 Å². The molecule has 0 unspecified atom stereocenters. The van der Waals surface area contributed by atoms with Gasteiger partial charge in [-0.1, -0.05) is 26.0 Å². The van der Waals surface area contributed by atoms with Crippen LogP contribution in [0, 0.1) is 18.2 Å². The summed E-state index contributed by atoms with van der Waals surface area (Å²) in [7, 11) is 0. The molecule has 0 aromatic heterocycles. The van der Waals surface area contributed by atoms with Crippen molar-refractivity contribution in [2.24, 2.45) is 11.1 Å². The number of hydrogen-bond acceptors (Lipinski definition) is 2. The second-order valence-corrected chi connectivity index (χ2v) is 5.73. The van der Waals surface area contributed by atoms with E-state index in [0.29, 0.717) is 31.5 Å². The second-order valence-electron chi connectivity index (χ2n) is 5.73. The van der Waals surface area contributed by atoms with Crippen LogP contribution in [0.2, 0.25) is 0 Å². The third-order valence-corrected chi connectivity index (χ3v) is 3.18. The zero-order chi connectivity index (χ0) is 14.5. The lowest BCUT2D eigenvalue weighted by molar-refractivity contribution is -0.121. The van der Waals surface area contributed by atoms with E-state index in [2.05, 4.69) is 5.32 Å². The summed E-state index contributed by atoms with van der Waals surface area (Å²) in [4.78, 5) is 11.7. The lowest BCUT2D eigenvalue weighted by atomic mass is 9.94. The van der Waals surface area contributed by atoms with Gasteiger partial charge in [0.2, 0.25) is 5.91 Å². The highest BCUT2D eigenvalue weighted by Crippen LogP contribution is 2.12.